The quantitative estimate of drug-likeness (QED) is 0.574. The number of nitrogens with two attached hydrogens (primary N) is 1. The topological polar surface area (TPSA) is 101 Å². The van der Waals surface area contributed by atoms with E-state index in [4.69, 9.17) is 17.3 Å². The lowest BCUT2D eigenvalue weighted by Crippen LogP contribution is -2.49. The molecule has 0 spiro atoms. The summed E-state index contributed by atoms with van der Waals surface area (Å²) in [5.74, 6) is -3.36. The van der Waals surface area contributed by atoms with E-state index in [1.54, 1.807) is 6.92 Å². The minimum Gasteiger partial charge on any atom is -0.351 e. The summed E-state index contributed by atoms with van der Waals surface area (Å²) >= 11 is 5.86. The van der Waals surface area contributed by atoms with Gasteiger partial charge in [-0.05, 0) is 42.7 Å². The Balaban J connectivity index is 2.31. The van der Waals surface area contributed by atoms with E-state index in [0.29, 0.717) is 25.2 Å². The maximum Gasteiger partial charge on any atom is 0.318 e. The molecule has 1 fully saturated rings. The van der Waals surface area contributed by atoms with Crippen LogP contribution in [0.4, 0.5) is 13.6 Å². The van der Waals surface area contributed by atoms with Gasteiger partial charge in [-0.15, -0.1) is 0 Å². The van der Waals surface area contributed by atoms with Gasteiger partial charge in [0.2, 0.25) is 11.8 Å². The highest BCUT2D eigenvalue weighted by Gasteiger charge is 2.47. The van der Waals surface area contributed by atoms with Gasteiger partial charge in [0.25, 0.3) is 0 Å². The number of amides is 4. The van der Waals surface area contributed by atoms with E-state index < -0.39 is 46.9 Å². The maximum atomic E-state index is 14.7. The average Bonchev–Trinajstić information content (AvgIpc) is 2.60. The van der Waals surface area contributed by atoms with Crippen molar-refractivity contribution in [3.05, 3.63) is 34.4 Å². The largest absolute Gasteiger partial charge is 0.351 e. The molecule has 0 heterocycles. The molecule has 0 aliphatic heterocycles. The molecule has 1 aromatic rings. The molecule has 1 aliphatic rings. The van der Waals surface area contributed by atoms with Gasteiger partial charge in [0.05, 0.1) is 11.1 Å². The standard InChI is InChI=1S/C20H26ClF2N3O3/c1-4-11(7-14(27)25-19(24)29)18(28)26-17(20(3)8-10(2)9-20)15-13(22)6-5-12(21)16(15)23/h5-6,10-11,17H,4,7-9H2,1-3H3,(H,26,28)(H3,24,25,27,29). The van der Waals surface area contributed by atoms with E-state index in [2.05, 4.69) is 5.32 Å². The van der Waals surface area contributed by atoms with Gasteiger partial charge in [-0.3, -0.25) is 14.9 Å². The van der Waals surface area contributed by atoms with Crippen LogP contribution in [0.3, 0.4) is 0 Å². The second-order valence-electron chi connectivity index (χ2n) is 8.09. The van der Waals surface area contributed by atoms with Gasteiger partial charge in [0.15, 0.2) is 0 Å². The first-order valence-electron chi connectivity index (χ1n) is 9.51. The van der Waals surface area contributed by atoms with Gasteiger partial charge in [-0.2, -0.15) is 0 Å². The number of rotatable bonds is 7. The Morgan fingerprint density at radius 3 is 2.45 bits per heavy atom. The van der Waals surface area contributed by atoms with Gasteiger partial charge in [-0.1, -0.05) is 32.4 Å². The van der Waals surface area contributed by atoms with Crippen molar-refractivity contribution in [1.82, 2.24) is 10.6 Å². The minimum atomic E-state index is -1.01. The van der Waals surface area contributed by atoms with Crippen LogP contribution in [-0.2, 0) is 9.59 Å². The summed E-state index contributed by atoms with van der Waals surface area (Å²) < 4.78 is 29.3. The number of carbonyl (C=O) groups is 3. The molecule has 2 atom stereocenters. The Kier molecular flexibility index (Phi) is 7.21. The van der Waals surface area contributed by atoms with Crippen molar-refractivity contribution in [2.24, 2.45) is 23.0 Å². The van der Waals surface area contributed by atoms with Crippen LogP contribution in [0.5, 0.6) is 0 Å². The minimum absolute atomic E-state index is 0.232. The summed E-state index contributed by atoms with van der Waals surface area (Å²) in [7, 11) is 0. The monoisotopic (exact) mass is 429 g/mol. The van der Waals surface area contributed by atoms with Crippen LogP contribution in [-0.4, -0.2) is 17.8 Å². The third-order valence-corrected chi connectivity index (χ3v) is 5.83. The number of imide groups is 1. The van der Waals surface area contributed by atoms with Crippen LogP contribution in [0.15, 0.2) is 12.1 Å². The zero-order valence-electron chi connectivity index (χ0n) is 16.7. The molecule has 1 saturated carbocycles. The molecule has 9 heteroatoms. The van der Waals surface area contributed by atoms with Crippen molar-refractivity contribution < 1.29 is 23.2 Å². The molecule has 0 saturated heterocycles. The number of primary amides is 1. The summed E-state index contributed by atoms with van der Waals surface area (Å²) in [6.07, 6.45) is 1.36. The normalized spacial score (nSPS) is 22.9. The second kappa shape index (κ2) is 9.07. The van der Waals surface area contributed by atoms with Gasteiger partial charge < -0.3 is 11.1 Å². The number of benzene rings is 1. The Bertz CT molecular complexity index is 812. The molecule has 2 rings (SSSR count). The zero-order valence-corrected chi connectivity index (χ0v) is 17.4. The Labute approximate surface area is 173 Å². The Hall–Kier alpha value is -2.22. The second-order valence-corrected chi connectivity index (χ2v) is 8.49. The van der Waals surface area contributed by atoms with Gasteiger partial charge >= 0.3 is 6.03 Å². The lowest BCUT2D eigenvalue weighted by atomic mass is 9.58. The van der Waals surface area contributed by atoms with Gasteiger partial charge in [0.1, 0.15) is 11.6 Å². The van der Waals surface area contributed by atoms with Crippen LogP contribution >= 0.6 is 11.6 Å². The summed E-state index contributed by atoms with van der Waals surface area (Å²) in [6, 6.07) is 0.243. The summed E-state index contributed by atoms with van der Waals surface area (Å²) in [5, 5.41) is 4.42. The molecule has 0 radical (unpaired) electrons. The van der Waals surface area contributed by atoms with Crippen LogP contribution < -0.4 is 16.4 Å². The molecule has 160 valence electrons. The third kappa shape index (κ3) is 5.23. The number of hydrogen-bond donors (Lipinski definition) is 3. The molecule has 4 amide bonds. The smallest absolute Gasteiger partial charge is 0.318 e. The predicted octanol–water partition coefficient (Wildman–Crippen LogP) is 3.82. The number of carbonyl (C=O) groups excluding carboxylic acids is 3. The zero-order chi connectivity index (χ0) is 21.9. The molecule has 29 heavy (non-hydrogen) atoms. The van der Waals surface area contributed by atoms with Crippen molar-refractivity contribution >= 4 is 29.4 Å². The lowest BCUT2D eigenvalue weighted by molar-refractivity contribution is -0.132. The van der Waals surface area contributed by atoms with Gasteiger partial charge in [0, 0.05) is 17.9 Å². The van der Waals surface area contributed by atoms with E-state index >= 15 is 0 Å². The molecule has 4 N–H and O–H groups in total. The van der Waals surface area contributed by atoms with Crippen molar-refractivity contribution in [2.75, 3.05) is 0 Å². The molecule has 2 unspecified atom stereocenters. The lowest BCUT2D eigenvalue weighted by Gasteiger charge is -2.49. The van der Waals surface area contributed by atoms with Crippen LogP contribution in [0.2, 0.25) is 5.02 Å². The van der Waals surface area contributed by atoms with Crippen molar-refractivity contribution in [3.8, 4) is 0 Å². The van der Waals surface area contributed by atoms with Crippen LogP contribution in [0.25, 0.3) is 0 Å². The van der Waals surface area contributed by atoms with E-state index in [0.717, 1.165) is 12.1 Å². The van der Waals surface area contributed by atoms with Gasteiger partial charge in [-0.25, -0.2) is 13.6 Å². The fourth-order valence-electron chi connectivity index (χ4n) is 4.27. The van der Waals surface area contributed by atoms with Crippen LogP contribution in [0, 0.1) is 28.9 Å². The molecular formula is C20H26ClF2N3O3. The molecule has 1 aromatic carbocycles. The Morgan fingerprint density at radius 2 is 1.93 bits per heavy atom. The van der Waals surface area contributed by atoms with E-state index in [1.165, 1.54) is 0 Å². The number of hydrogen-bond acceptors (Lipinski definition) is 3. The van der Waals surface area contributed by atoms with E-state index in [9.17, 15) is 23.2 Å². The molecule has 1 aliphatic carbocycles. The summed E-state index contributed by atoms with van der Waals surface area (Å²) in [4.78, 5) is 35.5. The first-order valence-corrected chi connectivity index (χ1v) is 9.89. The fraction of sp³-hybridized carbons (Fsp3) is 0.550. The Morgan fingerprint density at radius 1 is 1.31 bits per heavy atom. The number of nitrogens with one attached hydrogen (secondary N) is 2. The SMILES string of the molecule is CCC(CC(=O)NC(N)=O)C(=O)NC(c1c(F)ccc(Cl)c1F)C1(C)CC(C)C1. The predicted molar refractivity (Wildman–Crippen MR) is 105 cm³/mol. The maximum absolute atomic E-state index is 14.7. The highest BCUT2D eigenvalue weighted by Crippen LogP contribution is 2.54. The van der Waals surface area contributed by atoms with E-state index in [1.807, 2.05) is 19.2 Å². The summed E-state index contributed by atoms with van der Waals surface area (Å²) in [5.41, 5.74) is 4.08. The first-order chi connectivity index (χ1) is 13.5. The van der Waals surface area contributed by atoms with Crippen molar-refractivity contribution in [3.63, 3.8) is 0 Å². The molecular weight excluding hydrogens is 404 g/mol. The number of urea groups is 1. The van der Waals surface area contributed by atoms with Crippen molar-refractivity contribution in [1.29, 1.82) is 0 Å². The molecule has 0 bridgehead atoms. The fourth-order valence-corrected chi connectivity index (χ4v) is 4.43. The molecule has 0 aromatic heterocycles. The van der Waals surface area contributed by atoms with E-state index in [-0.39, 0.29) is 17.0 Å². The summed E-state index contributed by atoms with van der Waals surface area (Å²) in [6.45, 7) is 5.58. The van der Waals surface area contributed by atoms with Crippen LogP contribution in [0.1, 0.15) is 58.1 Å². The highest BCUT2D eigenvalue weighted by molar-refractivity contribution is 6.30. The highest BCUT2D eigenvalue weighted by atomic mass is 35.5. The van der Waals surface area contributed by atoms with Crippen molar-refractivity contribution in [2.45, 2.75) is 52.5 Å². The third-order valence-electron chi connectivity index (χ3n) is 5.54. The first kappa shape index (κ1) is 23.1. The molecule has 6 nitrogen and oxygen atoms in total. The number of halogens is 3. The average molecular weight is 430 g/mol.